The Hall–Kier alpha value is -2.88. The molecule has 1 saturated heterocycles. The summed E-state index contributed by atoms with van der Waals surface area (Å²) in [5, 5.41) is 3.00. The Morgan fingerprint density at radius 3 is 2.67 bits per heavy atom. The molecule has 3 rings (SSSR count). The van der Waals surface area contributed by atoms with Gasteiger partial charge < -0.3 is 10.2 Å². The summed E-state index contributed by atoms with van der Waals surface area (Å²) in [6.07, 6.45) is 2.96. The van der Waals surface area contributed by atoms with Gasteiger partial charge in [0, 0.05) is 25.6 Å². The highest BCUT2D eigenvalue weighted by molar-refractivity contribution is 5.86. The largest absolute Gasteiger partial charge is 0.352 e. The number of amides is 2. The number of aryl methyl sites for hydroxylation is 1. The van der Waals surface area contributed by atoms with E-state index in [9.17, 15) is 9.59 Å². The minimum Gasteiger partial charge on any atom is -0.352 e. The SMILES string of the molecule is C=CCNC(=O)[C@@]1(Cc2ccccc2-c2cccc(C)c2)CCN(C(=O)C(C)C)C1. The van der Waals surface area contributed by atoms with Crippen LogP contribution in [0, 0.1) is 18.3 Å². The minimum absolute atomic E-state index is 0.000464. The molecule has 0 spiro atoms. The van der Waals surface area contributed by atoms with Gasteiger partial charge in [-0.15, -0.1) is 6.58 Å². The van der Waals surface area contributed by atoms with Gasteiger partial charge in [0.15, 0.2) is 0 Å². The van der Waals surface area contributed by atoms with Gasteiger partial charge in [-0.05, 0) is 36.5 Å². The molecule has 1 aliphatic rings. The Morgan fingerprint density at radius 2 is 1.97 bits per heavy atom. The lowest BCUT2D eigenvalue weighted by atomic mass is 9.78. The first kappa shape index (κ1) is 21.8. The average Bonchev–Trinajstić information content (AvgIpc) is 3.17. The number of nitrogens with one attached hydrogen (secondary N) is 1. The van der Waals surface area contributed by atoms with Crippen molar-refractivity contribution in [3.8, 4) is 11.1 Å². The maximum atomic E-state index is 13.3. The van der Waals surface area contributed by atoms with Crippen LogP contribution in [0.5, 0.6) is 0 Å². The second-order valence-corrected chi connectivity index (χ2v) is 8.65. The zero-order valence-electron chi connectivity index (χ0n) is 18.3. The molecule has 0 aromatic heterocycles. The van der Waals surface area contributed by atoms with E-state index in [-0.39, 0.29) is 17.7 Å². The molecule has 4 nitrogen and oxygen atoms in total. The summed E-state index contributed by atoms with van der Waals surface area (Å²) in [7, 11) is 0. The highest BCUT2D eigenvalue weighted by Gasteiger charge is 2.46. The maximum Gasteiger partial charge on any atom is 0.228 e. The van der Waals surface area contributed by atoms with Crippen molar-refractivity contribution in [2.45, 2.75) is 33.6 Å². The summed E-state index contributed by atoms with van der Waals surface area (Å²) >= 11 is 0. The molecular formula is C26H32N2O2. The van der Waals surface area contributed by atoms with Crippen molar-refractivity contribution in [3.05, 3.63) is 72.3 Å². The van der Waals surface area contributed by atoms with Crippen LogP contribution in [0.2, 0.25) is 0 Å². The summed E-state index contributed by atoms with van der Waals surface area (Å²) < 4.78 is 0. The fraction of sp³-hybridized carbons (Fsp3) is 0.385. The van der Waals surface area contributed by atoms with E-state index in [1.54, 1.807) is 6.08 Å². The van der Waals surface area contributed by atoms with Crippen molar-refractivity contribution < 1.29 is 9.59 Å². The highest BCUT2D eigenvalue weighted by atomic mass is 16.2. The van der Waals surface area contributed by atoms with Gasteiger partial charge in [0.2, 0.25) is 11.8 Å². The predicted molar refractivity (Wildman–Crippen MR) is 122 cm³/mol. The van der Waals surface area contributed by atoms with Gasteiger partial charge in [-0.2, -0.15) is 0 Å². The van der Waals surface area contributed by atoms with Crippen LogP contribution < -0.4 is 5.32 Å². The number of hydrogen-bond acceptors (Lipinski definition) is 2. The molecule has 2 amide bonds. The zero-order chi connectivity index (χ0) is 21.7. The highest BCUT2D eigenvalue weighted by Crippen LogP contribution is 2.38. The Kier molecular flexibility index (Phi) is 6.76. The Balaban J connectivity index is 1.96. The fourth-order valence-corrected chi connectivity index (χ4v) is 4.32. The molecule has 1 N–H and O–H groups in total. The van der Waals surface area contributed by atoms with Crippen LogP contribution in [0.3, 0.4) is 0 Å². The fourth-order valence-electron chi connectivity index (χ4n) is 4.32. The van der Waals surface area contributed by atoms with Gasteiger partial charge in [-0.25, -0.2) is 0 Å². The van der Waals surface area contributed by atoms with E-state index in [2.05, 4.69) is 55.2 Å². The lowest BCUT2D eigenvalue weighted by molar-refractivity contribution is -0.135. The Bertz CT molecular complexity index is 934. The number of benzene rings is 2. The molecule has 30 heavy (non-hydrogen) atoms. The monoisotopic (exact) mass is 404 g/mol. The molecule has 0 saturated carbocycles. The maximum absolute atomic E-state index is 13.3. The number of rotatable bonds is 7. The summed E-state index contributed by atoms with van der Waals surface area (Å²) in [5.74, 6) is 0.0393. The van der Waals surface area contributed by atoms with E-state index >= 15 is 0 Å². The topological polar surface area (TPSA) is 49.4 Å². The van der Waals surface area contributed by atoms with Crippen molar-refractivity contribution >= 4 is 11.8 Å². The molecule has 2 aromatic rings. The first-order chi connectivity index (χ1) is 14.4. The van der Waals surface area contributed by atoms with Gasteiger partial charge in [-0.3, -0.25) is 9.59 Å². The first-order valence-electron chi connectivity index (χ1n) is 10.7. The Labute approximate surface area is 180 Å². The third-order valence-corrected chi connectivity index (χ3v) is 5.92. The van der Waals surface area contributed by atoms with Gasteiger partial charge >= 0.3 is 0 Å². The van der Waals surface area contributed by atoms with Gasteiger partial charge in [-0.1, -0.05) is 74.0 Å². The van der Waals surface area contributed by atoms with Crippen molar-refractivity contribution in [2.24, 2.45) is 11.3 Å². The van der Waals surface area contributed by atoms with Crippen molar-refractivity contribution in [3.63, 3.8) is 0 Å². The zero-order valence-corrected chi connectivity index (χ0v) is 18.3. The quantitative estimate of drug-likeness (QED) is 0.696. The molecule has 0 bridgehead atoms. The lowest BCUT2D eigenvalue weighted by Gasteiger charge is -2.29. The molecule has 2 aromatic carbocycles. The minimum atomic E-state index is -0.631. The van der Waals surface area contributed by atoms with E-state index in [0.29, 0.717) is 32.5 Å². The molecule has 1 fully saturated rings. The number of carbonyl (C=O) groups is 2. The molecular weight excluding hydrogens is 372 g/mol. The van der Waals surface area contributed by atoms with Crippen LogP contribution in [0.25, 0.3) is 11.1 Å². The molecule has 0 radical (unpaired) electrons. The summed E-state index contributed by atoms with van der Waals surface area (Å²) in [6.45, 7) is 11.1. The molecule has 0 unspecified atom stereocenters. The lowest BCUT2D eigenvalue weighted by Crippen LogP contribution is -2.45. The Morgan fingerprint density at radius 1 is 1.20 bits per heavy atom. The van der Waals surface area contributed by atoms with Crippen LogP contribution in [0.15, 0.2) is 61.2 Å². The molecule has 1 heterocycles. The number of nitrogens with zero attached hydrogens (tertiary/aromatic N) is 1. The predicted octanol–water partition coefficient (Wildman–Crippen LogP) is 4.38. The third kappa shape index (κ3) is 4.64. The second-order valence-electron chi connectivity index (χ2n) is 8.65. The van der Waals surface area contributed by atoms with E-state index in [1.807, 2.05) is 30.9 Å². The summed E-state index contributed by atoms with van der Waals surface area (Å²) in [6, 6.07) is 16.7. The third-order valence-electron chi connectivity index (χ3n) is 5.92. The molecule has 1 atom stereocenters. The van der Waals surface area contributed by atoms with Gasteiger partial charge in [0.05, 0.1) is 5.41 Å². The van der Waals surface area contributed by atoms with Crippen molar-refractivity contribution in [1.82, 2.24) is 10.2 Å². The van der Waals surface area contributed by atoms with Crippen LogP contribution in [-0.4, -0.2) is 36.3 Å². The summed E-state index contributed by atoms with van der Waals surface area (Å²) in [5.41, 5.74) is 4.00. The molecule has 1 aliphatic heterocycles. The van der Waals surface area contributed by atoms with Crippen LogP contribution >= 0.6 is 0 Å². The summed E-state index contributed by atoms with van der Waals surface area (Å²) in [4.78, 5) is 27.8. The smallest absolute Gasteiger partial charge is 0.228 e. The van der Waals surface area contributed by atoms with Crippen LogP contribution in [0.4, 0.5) is 0 Å². The number of hydrogen-bond donors (Lipinski definition) is 1. The average molecular weight is 405 g/mol. The molecule has 4 heteroatoms. The van der Waals surface area contributed by atoms with Gasteiger partial charge in [0.25, 0.3) is 0 Å². The van der Waals surface area contributed by atoms with E-state index in [0.717, 1.165) is 16.7 Å². The van der Waals surface area contributed by atoms with Crippen molar-refractivity contribution in [2.75, 3.05) is 19.6 Å². The van der Waals surface area contributed by atoms with E-state index < -0.39 is 5.41 Å². The normalized spacial score (nSPS) is 18.5. The van der Waals surface area contributed by atoms with E-state index in [1.165, 1.54) is 5.56 Å². The first-order valence-corrected chi connectivity index (χ1v) is 10.7. The van der Waals surface area contributed by atoms with Gasteiger partial charge in [0.1, 0.15) is 0 Å². The number of carbonyl (C=O) groups excluding carboxylic acids is 2. The molecule has 158 valence electrons. The second kappa shape index (κ2) is 9.29. The van der Waals surface area contributed by atoms with Crippen molar-refractivity contribution in [1.29, 1.82) is 0 Å². The molecule has 0 aliphatic carbocycles. The van der Waals surface area contributed by atoms with Crippen LogP contribution in [0.1, 0.15) is 31.4 Å². The standard InChI is InChI=1S/C26H32N2O2/c1-5-14-27-25(30)26(13-15-28(18-26)24(29)19(2)3)17-22-10-6-7-12-23(22)21-11-8-9-20(4)16-21/h5-12,16,19H,1,13-15,17-18H2,2-4H3,(H,27,30)/t26-/m1/s1. The van der Waals surface area contributed by atoms with Crippen LogP contribution in [-0.2, 0) is 16.0 Å². The number of likely N-dealkylation sites (tertiary alicyclic amines) is 1. The van der Waals surface area contributed by atoms with E-state index in [4.69, 9.17) is 0 Å².